The Kier molecular flexibility index (Phi) is 4.34. The summed E-state index contributed by atoms with van der Waals surface area (Å²) in [5.74, 6) is -0.228. The van der Waals surface area contributed by atoms with Gasteiger partial charge in [-0.25, -0.2) is 0 Å². The molecule has 0 heterocycles. The second kappa shape index (κ2) is 5.54. The highest BCUT2D eigenvalue weighted by atomic mass is 16.5. The van der Waals surface area contributed by atoms with E-state index >= 15 is 0 Å². The summed E-state index contributed by atoms with van der Waals surface area (Å²) in [6.45, 7) is 1.86. The molecule has 0 aliphatic carbocycles. The number of carboxylic acid groups (broad SMARTS) is 1. The van der Waals surface area contributed by atoms with E-state index in [4.69, 9.17) is 14.6 Å². The van der Waals surface area contributed by atoms with Crippen molar-refractivity contribution in [2.24, 2.45) is 0 Å². The molecule has 5 nitrogen and oxygen atoms in total. The van der Waals surface area contributed by atoms with Crippen LogP contribution in [-0.4, -0.2) is 30.4 Å². The van der Waals surface area contributed by atoms with Gasteiger partial charge in [0.2, 0.25) is 0 Å². The number of benzene rings is 1. The van der Waals surface area contributed by atoms with Gasteiger partial charge >= 0.3 is 5.97 Å². The predicted molar refractivity (Wildman–Crippen MR) is 61.5 cm³/mol. The SMILES string of the molecule is COc1cc(C)cc(OC)c1[C@@H](O)CC(=O)O. The van der Waals surface area contributed by atoms with E-state index in [2.05, 4.69) is 0 Å². The van der Waals surface area contributed by atoms with Crippen LogP contribution in [-0.2, 0) is 4.79 Å². The Bertz CT molecular complexity index is 388. The first kappa shape index (κ1) is 13.3. The first-order valence-corrected chi connectivity index (χ1v) is 5.12. The smallest absolute Gasteiger partial charge is 0.306 e. The standard InChI is InChI=1S/C12H16O5/c1-7-4-9(16-2)12(10(5-7)17-3)8(13)6-11(14)15/h4-5,8,13H,6H2,1-3H3,(H,14,15)/t8-/m0/s1. The summed E-state index contributed by atoms with van der Waals surface area (Å²) in [4.78, 5) is 10.6. The summed E-state index contributed by atoms with van der Waals surface area (Å²) >= 11 is 0. The lowest BCUT2D eigenvalue weighted by Crippen LogP contribution is -2.09. The summed E-state index contributed by atoms with van der Waals surface area (Å²) in [5.41, 5.74) is 1.27. The number of hydrogen-bond acceptors (Lipinski definition) is 4. The van der Waals surface area contributed by atoms with Crippen molar-refractivity contribution < 1.29 is 24.5 Å². The normalized spacial score (nSPS) is 12.0. The summed E-state index contributed by atoms with van der Waals surface area (Å²) in [6.07, 6.45) is -1.55. The number of aryl methyl sites for hydroxylation is 1. The minimum absolute atomic E-state index is 0.364. The van der Waals surface area contributed by atoms with Crippen molar-refractivity contribution in [3.63, 3.8) is 0 Å². The number of hydrogen-bond donors (Lipinski definition) is 2. The second-order valence-corrected chi connectivity index (χ2v) is 3.70. The van der Waals surface area contributed by atoms with Crippen molar-refractivity contribution in [1.82, 2.24) is 0 Å². The number of carbonyl (C=O) groups is 1. The minimum Gasteiger partial charge on any atom is -0.496 e. The van der Waals surface area contributed by atoms with E-state index in [0.717, 1.165) is 5.56 Å². The molecule has 94 valence electrons. The topological polar surface area (TPSA) is 76.0 Å². The fraction of sp³-hybridized carbons (Fsp3) is 0.417. The Morgan fingerprint density at radius 1 is 1.29 bits per heavy atom. The molecule has 0 bridgehead atoms. The van der Waals surface area contributed by atoms with Gasteiger partial charge in [0.25, 0.3) is 0 Å². The molecule has 0 radical (unpaired) electrons. The number of rotatable bonds is 5. The molecule has 1 aromatic rings. The highest BCUT2D eigenvalue weighted by molar-refractivity contribution is 5.68. The van der Waals surface area contributed by atoms with Crippen LogP contribution < -0.4 is 9.47 Å². The molecule has 0 amide bonds. The van der Waals surface area contributed by atoms with Gasteiger partial charge in [-0.1, -0.05) is 0 Å². The molecular weight excluding hydrogens is 224 g/mol. The molecule has 0 aliphatic heterocycles. The monoisotopic (exact) mass is 240 g/mol. The van der Waals surface area contributed by atoms with Gasteiger partial charge in [-0.15, -0.1) is 0 Å². The summed E-state index contributed by atoms with van der Waals surface area (Å²) < 4.78 is 10.3. The first-order chi connectivity index (χ1) is 7.99. The highest BCUT2D eigenvalue weighted by Crippen LogP contribution is 2.36. The van der Waals surface area contributed by atoms with Crippen molar-refractivity contribution >= 4 is 5.97 Å². The van der Waals surface area contributed by atoms with Gasteiger partial charge in [0.15, 0.2) is 0 Å². The number of aliphatic hydroxyl groups is 1. The zero-order valence-electron chi connectivity index (χ0n) is 10.1. The summed E-state index contributed by atoms with van der Waals surface area (Å²) in [6, 6.07) is 3.45. The largest absolute Gasteiger partial charge is 0.496 e. The number of ether oxygens (including phenoxy) is 2. The van der Waals surface area contributed by atoms with Crippen LogP contribution in [0.4, 0.5) is 0 Å². The Morgan fingerprint density at radius 3 is 2.12 bits per heavy atom. The summed E-state index contributed by atoms with van der Waals surface area (Å²) in [5, 5.41) is 18.6. The molecule has 0 saturated heterocycles. The van der Waals surface area contributed by atoms with Crippen LogP contribution >= 0.6 is 0 Å². The highest BCUT2D eigenvalue weighted by Gasteiger charge is 2.21. The van der Waals surface area contributed by atoms with Crippen molar-refractivity contribution in [1.29, 1.82) is 0 Å². The van der Waals surface area contributed by atoms with E-state index in [0.29, 0.717) is 17.1 Å². The molecule has 0 aliphatic rings. The molecule has 17 heavy (non-hydrogen) atoms. The van der Waals surface area contributed by atoms with Crippen molar-refractivity contribution in [2.75, 3.05) is 14.2 Å². The Labute approximate surface area is 99.6 Å². The van der Waals surface area contributed by atoms with E-state index in [1.807, 2.05) is 6.92 Å². The second-order valence-electron chi connectivity index (χ2n) is 3.70. The first-order valence-electron chi connectivity index (χ1n) is 5.12. The van der Waals surface area contributed by atoms with Gasteiger partial charge < -0.3 is 19.7 Å². The molecule has 0 saturated carbocycles. The van der Waals surface area contributed by atoms with Gasteiger partial charge in [0.05, 0.1) is 32.3 Å². The van der Waals surface area contributed by atoms with E-state index in [1.54, 1.807) is 12.1 Å². The molecule has 0 unspecified atom stereocenters. The lowest BCUT2D eigenvalue weighted by atomic mass is 10.0. The lowest BCUT2D eigenvalue weighted by Gasteiger charge is -2.17. The lowest BCUT2D eigenvalue weighted by molar-refractivity contribution is -0.139. The number of methoxy groups -OCH3 is 2. The molecule has 0 aromatic heterocycles. The van der Waals surface area contributed by atoms with Gasteiger partial charge in [-0.2, -0.15) is 0 Å². The van der Waals surface area contributed by atoms with Crippen LogP contribution in [0.2, 0.25) is 0 Å². The third kappa shape index (κ3) is 3.10. The number of aliphatic carboxylic acids is 1. The minimum atomic E-state index is -1.15. The van der Waals surface area contributed by atoms with Crippen LogP contribution in [0.3, 0.4) is 0 Å². The zero-order chi connectivity index (χ0) is 13.0. The van der Waals surface area contributed by atoms with Crippen LogP contribution in [0.5, 0.6) is 11.5 Å². The molecular formula is C12H16O5. The third-order valence-electron chi connectivity index (χ3n) is 2.39. The van der Waals surface area contributed by atoms with Gasteiger partial charge in [-0.05, 0) is 24.6 Å². The Hall–Kier alpha value is -1.75. The van der Waals surface area contributed by atoms with Crippen molar-refractivity contribution in [3.8, 4) is 11.5 Å². The molecule has 0 spiro atoms. The molecule has 1 atom stereocenters. The Morgan fingerprint density at radius 2 is 1.76 bits per heavy atom. The molecule has 0 fully saturated rings. The molecule has 2 N–H and O–H groups in total. The third-order valence-corrected chi connectivity index (χ3v) is 2.39. The van der Waals surface area contributed by atoms with Crippen LogP contribution in [0.15, 0.2) is 12.1 Å². The average Bonchev–Trinajstić information content (AvgIpc) is 2.26. The maximum Gasteiger partial charge on any atom is 0.306 e. The van der Waals surface area contributed by atoms with Crippen LogP contribution in [0.1, 0.15) is 23.7 Å². The van der Waals surface area contributed by atoms with E-state index < -0.39 is 18.5 Å². The van der Waals surface area contributed by atoms with Crippen LogP contribution in [0.25, 0.3) is 0 Å². The number of carboxylic acids is 1. The number of aliphatic hydroxyl groups excluding tert-OH is 1. The predicted octanol–water partition coefficient (Wildman–Crippen LogP) is 1.52. The van der Waals surface area contributed by atoms with Crippen molar-refractivity contribution in [3.05, 3.63) is 23.3 Å². The Balaban J connectivity index is 3.23. The fourth-order valence-corrected chi connectivity index (χ4v) is 1.67. The zero-order valence-corrected chi connectivity index (χ0v) is 10.1. The van der Waals surface area contributed by atoms with E-state index in [1.165, 1.54) is 14.2 Å². The molecule has 1 aromatic carbocycles. The van der Waals surface area contributed by atoms with Gasteiger partial charge in [-0.3, -0.25) is 4.79 Å². The molecule has 5 heteroatoms. The van der Waals surface area contributed by atoms with Crippen LogP contribution in [0, 0.1) is 6.92 Å². The fourth-order valence-electron chi connectivity index (χ4n) is 1.67. The average molecular weight is 240 g/mol. The summed E-state index contributed by atoms with van der Waals surface area (Å²) in [7, 11) is 2.93. The van der Waals surface area contributed by atoms with Crippen molar-refractivity contribution in [2.45, 2.75) is 19.4 Å². The van der Waals surface area contributed by atoms with E-state index in [-0.39, 0.29) is 0 Å². The van der Waals surface area contributed by atoms with Gasteiger partial charge in [0.1, 0.15) is 11.5 Å². The van der Waals surface area contributed by atoms with Gasteiger partial charge in [0, 0.05) is 0 Å². The molecule has 1 rings (SSSR count). The van der Waals surface area contributed by atoms with E-state index in [9.17, 15) is 9.90 Å². The maximum atomic E-state index is 10.6. The quantitative estimate of drug-likeness (QED) is 0.816. The maximum absolute atomic E-state index is 10.6.